The lowest BCUT2D eigenvalue weighted by atomic mass is 10.1. The van der Waals surface area contributed by atoms with E-state index in [0.717, 1.165) is 19.0 Å². The molecule has 0 radical (unpaired) electrons. The first-order chi connectivity index (χ1) is 15.4. The molecule has 0 unspecified atom stereocenters. The number of hydrogen-bond donors (Lipinski definition) is 2. The molecule has 0 saturated heterocycles. The van der Waals surface area contributed by atoms with Crippen LogP contribution in [0.2, 0.25) is 0 Å². The van der Waals surface area contributed by atoms with Gasteiger partial charge in [-0.3, -0.25) is 4.72 Å². The van der Waals surface area contributed by atoms with E-state index in [-0.39, 0.29) is 10.6 Å². The number of phenolic OH excluding ortho intramolecular Hbond substituents is 1. The van der Waals surface area contributed by atoms with Gasteiger partial charge in [-0.25, -0.2) is 13.4 Å². The van der Waals surface area contributed by atoms with E-state index in [4.69, 9.17) is 0 Å². The molecule has 32 heavy (non-hydrogen) atoms. The molecule has 1 aromatic heterocycles. The van der Waals surface area contributed by atoms with Crippen molar-refractivity contribution >= 4 is 75.7 Å². The van der Waals surface area contributed by atoms with Gasteiger partial charge in [0, 0.05) is 15.2 Å². The van der Waals surface area contributed by atoms with Crippen LogP contribution in [0.3, 0.4) is 0 Å². The van der Waals surface area contributed by atoms with Gasteiger partial charge < -0.3 is 5.11 Å². The number of halogens is 1. The molecule has 0 atom stereocenters. The Morgan fingerprint density at radius 1 is 0.938 bits per heavy atom. The van der Waals surface area contributed by atoms with Crippen LogP contribution in [0.15, 0.2) is 97.5 Å². The fourth-order valence-electron chi connectivity index (χ4n) is 3.30. The molecule has 0 fully saturated rings. The maximum atomic E-state index is 13.0. The molecule has 5 rings (SSSR count). The van der Waals surface area contributed by atoms with Crippen LogP contribution in [-0.2, 0) is 10.0 Å². The van der Waals surface area contributed by atoms with E-state index in [1.165, 1.54) is 35.2 Å². The molecule has 9 heteroatoms. The van der Waals surface area contributed by atoms with Crippen molar-refractivity contribution in [2.75, 3.05) is 4.72 Å². The lowest BCUT2D eigenvalue weighted by Crippen LogP contribution is -2.13. The van der Waals surface area contributed by atoms with Crippen LogP contribution >= 0.6 is 39.0 Å². The van der Waals surface area contributed by atoms with Crippen molar-refractivity contribution in [3.8, 4) is 5.75 Å². The average Bonchev–Trinajstić information content (AvgIpc) is 3.19. The van der Waals surface area contributed by atoms with Gasteiger partial charge >= 0.3 is 0 Å². The Kier molecular flexibility index (Phi) is 5.58. The monoisotopic (exact) mass is 542 g/mol. The summed E-state index contributed by atoms with van der Waals surface area (Å²) < 4.78 is 31.3. The second-order valence-corrected chi connectivity index (χ2v) is 11.8. The summed E-state index contributed by atoms with van der Waals surface area (Å²) in [7, 11) is -3.82. The van der Waals surface area contributed by atoms with Crippen molar-refractivity contribution in [3.63, 3.8) is 0 Å². The van der Waals surface area contributed by atoms with Crippen LogP contribution in [0.25, 0.3) is 21.0 Å². The normalized spacial score (nSPS) is 11.8. The number of aromatic hydroxyl groups is 1. The Morgan fingerprint density at radius 2 is 1.62 bits per heavy atom. The second kappa shape index (κ2) is 8.40. The molecule has 0 aliphatic rings. The van der Waals surface area contributed by atoms with Gasteiger partial charge in [0.15, 0.2) is 4.34 Å². The van der Waals surface area contributed by atoms with E-state index < -0.39 is 10.0 Å². The van der Waals surface area contributed by atoms with Crippen molar-refractivity contribution in [1.82, 2.24) is 4.98 Å². The molecule has 5 aromatic rings. The Balaban J connectivity index is 1.59. The number of anilines is 1. The second-order valence-electron chi connectivity index (χ2n) is 6.93. The molecule has 0 amide bonds. The molecular formula is C23H15BrN2O3S3. The van der Waals surface area contributed by atoms with Crippen LogP contribution in [0.5, 0.6) is 5.75 Å². The number of hydrogen-bond acceptors (Lipinski definition) is 6. The largest absolute Gasteiger partial charge is 0.506 e. The van der Waals surface area contributed by atoms with E-state index in [0.29, 0.717) is 21.4 Å². The number of phenols is 1. The van der Waals surface area contributed by atoms with Crippen molar-refractivity contribution in [1.29, 1.82) is 0 Å². The Bertz CT molecular complexity index is 1530. The third kappa shape index (κ3) is 4.09. The first kappa shape index (κ1) is 21.3. The van der Waals surface area contributed by atoms with Gasteiger partial charge in [-0.15, -0.1) is 11.3 Å². The topological polar surface area (TPSA) is 79.3 Å². The molecule has 0 aliphatic carbocycles. The highest BCUT2D eigenvalue weighted by Gasteiger charge is 2.19. The summed E-state index contributed by atoms with van der Waals surface area (Å²) in [6.45, 7) is 0. The SMILES string of the molecule is O=S(=O)(Nc1cc(Sc2nc3ccccc3s2)c(O)c2ccccc12)c1ccc(Br)cc1. The summed E-state index contributed by atoms with van der Waals surface area (Å²) in [5.41, 5.74) is 1.28. The van der Waals surface area contributed by atoms with Gasteiger partial charge in [0.1, 0.15) is 5.75 Å². The number of nitrogens with one attached hydrogen (secondary N) is 1. The van der Waals surface area contributed by atoms with Crippen molar-refractivity contribution < 1.29 is 13.5 Å². The number of rotatable bonds is 5. The summed E-state index contributed by atoms with van der Waals surface area (Å²) in [6.07, 6.45) is 0. The fraction of sp³-hybridized carbons (Fsp3) is 0. The molecule has 0 saturated carbocycles. The van der Waals surface area contributed by atoms with Crippen LogP contribution in [0.4, 0.5) is 5.69 Å². The highest BCUT2D eigenvalue weighted by atomic mass is 79.9. The van der Waals surface area contributed by atoms with Crippen LogP contribution in [0.1, 0.15) is 0 Å². The minimum absolute atomic E-state index is 0.0939. The van der Waals surface area contributed by atoms with E-state index >= 15 is 0 Å². The first-order valence-corrected chi connectivity index (χ1v) is 13.4. The zero-order chi connectivity index (χ0) is 22.3. The fourth-order valence-corrected chi connectivity index (χ4v) is 6.76. The quantitative estimate of drug-likeness (QED) is 0.237. The molecule has 4 aromatic carbocycles. The van der Waals surface area contributed by atoms with Crippen molar-refractivity contribution in [3.05, 3.63) is 83.3 Å². The molecule has 1 heterocycles. The van der Waals surface area contributed by atoms with Crippen LogP contribution in [0, 0.1) is 0 Å². The molecular weight excluding hydrogens is 528 g/mol. The Morgan fingerprint density at radius 3 is 2.38 bits per heavy atom. The summed E-state index contributed by atoms with van der Waals surface area (Å²) in [6, 6.07) is 23.1. The van der Waals surface area contributed by atoms with Crippen molar-refractivity contribution in [2.45, 2.75) is 14.1 Å². The Hall–Kier alpha value is -2.59. The third-order valence-corrected chi connectivity index (χ3v) is 8.86. The Labute approximate surface area is 201 Å². The predicted molar refractivity (Wildman–Crippen MR) is 134 cm³/mol. The molecule has 0 spiro atoms. The minimum atomic E-state index is -3.82. The first-order valence-electron chi connectivity index (χ1n) is 9.47. The van der Waals surface area contributed by atoms with Gasteiger partial charge in [0.05, 0.1) is 25.7 Å². The summed E-state index contributed by atoms with van der Waals surface area (Å²) in [5, 5.41) is 12.1. The number of fused-ring (bicyclic) bond motifs is 2. The number of aromatic nitrogens is 1. The predicted octanol–water partition coefficient (Wildman–Crippen LogP) is 6.87. The van der Waals surface area contributed by atoms with Crippen LogP contribution < -0.4 is 4.72 Å². The lowest BCUT2D eigenvalue weighted by molar-refractivity contribution is 0.469. The van der Waals surface area contributed by atoms with Gasteiger partial charge in [0.2, 0.25) is 0 Å². The third-order valence-electron chi connectivity index (χ3n) is 4.82. The average molecular weight is 543 g/mol. The summed E-state index contributed by atoms with van der Waals surface area (Å²) >= 11 is 6.15. The van der Waals surface area contributed by atoms with E-state index in [1.54, 1.807) is 42.5 Å². The molecule has 0 aliphatic heterocycles. The summed E-state index contributed by atoms with van der Waals surface area (Å²) in [4.78, 5) is 5.29. The molecule has 160 valence electrons. The molecule has 2 N–H and O–H groups in total. The van der Waals surface area contributed by atoms with E-state index in [9.17, 15) is 13.5 Å². The number of sulfonamides is 1. The van der Waals surface area contributed by atoms with E-state index in [2.05, 4.69) is 25.6 Å². The highest BCUT2D eigenvalue weighted by molar-refractivity contribution is 9.10. The van der Waals surface area contributed by atoms with Gasteiger partial charge in [-0.2, -0.15) is 0 Å². The smallest absolute Gasteiger partial charge is 0.261 e. The van der Waals surface area contributed by atoms with Gasteiger partial charge in [-0.1, -0.05) is 64.1 Å². The maximum Gasteiger partial charge on any atom is 0.261 e. The summed E-state index contributed by atoms with van der Waals surface area (Å²) in [5.74, 6) is 0.0939. The lowest BCUT2D eigenvalue weighted by Gasteiger charge is -2.14. The van der Waals surface area contributed by atoms with Crippen molar-refractivity contribution in [2.24, 2.45) is 0 Å². The maximum absolute atomic E-state index is 13.0. The van der Waals surface area contributed by atoms with Crippen LogP contribution in [-0.4, -0.2) is 18.5 Å². The molecule has 0 bridgehead atoms. The number of para-hydroxylation sites is 1. The molecule has 5 nitrogen and oxygen atoms in total. The minimum Gasteiger partial charge on any atom is -0.506 e. The standard InChI is InChI=1S/C23H15BrN2O3S3/c24-14-9-11-15(12-10-14)32(28,29)26-19-13-21(22(27)17-6-2-1-5-16(17)19)31-23-25-18-7-3-4-8-20(18)30-23/h1-13,26-27H. The number of thiazole rings is 1. The highest BCUT2D eigenvalue weighted by Crippen LogP contribution is 2.44. The van der Waals surface area contributed by atoms with E-state index in [1.807, 2.05) is 24.3 Å². The number of benzene rings is 4. The zero-order valence-electron chi connectivity index (χ0n) is 16.3. The van der Waals surface area contributed by atoms with Gasteiger partial charge in [-0.05, 0) is 42.5 Å². The number of nitrogens with zero attached hydrogens (tertiary/aromatic N) is 1. The van der Waals surface area contributed by atoms with Gasteiger partial charge in [0.25, 0.3) is 10.0 Å². The zero-order valence-corrected chi connectivity index (χ0v) is 20.4.